The Bertz CT molecular complexity index is 1350. The molecule has 7 nitrogen and oxygen atoms in total. The Kier molecular flexibility index (Phi) is 5.90. The Morgan fingerprint density at radius 3 is 2.58 bits per heavy atom. The summed E-state index contributed by atoms with van der Waals surface area (Å²) in [6.45, 7) is 0.244. The Morgan fingerprint density at radius 1 is 1.03 bits per heavy atom. The first-order valence-corrected chi connectivity index (χ1v) is 11.5. The van der Waals surface area contributed by atoms with Crippen molar-refractivity contribution in [2.75, 3.05) is 0 Å². The zero-order valence-corrected chi connectivity index (χ0v) is 18.3. The lowest BCUT2D eigenvalue weighted by Crippen LogP contribution is -2.36. The molecule has 33 heavy (non-hydrogen) atoms. The SMILES string of the molecule is O=C(CCc1nnc2n(Cc3ccc(F)cc3)c(=O)c3ccccc3n12)NC1CCCCC1. The van der Waals surface area contributed by atoms with Gasteiger partial charge in [-0.05, 0) is 42.7 Å². The molecule has 8 heteroatoms. The third-order valence-corrected chi connectivity index (χ3v) is 6.37. The van der Waals surface area contributed by atoms with E-state index in [-0.39, 0.29) is 29.9 Å². The van der Waals surface area contributed by atoms with Gasteiger partial charge in [0.25, 0.3) is 5.56 Å². The van der Waals surface area contributed by atoms with Gasteiger partial charge in [-0.15, -0.1) is 10.2 Å². The number of nitrogens with zero attached hydrogens (tertiary/aromatic N) is 4. The van der Waals surface area contributed by atoms with E-state index in [9.17, 15) is 14.0 Å². The van der Waals surface area contributed by atoms with E-state index in [1.165, 1.54) is 18.6 Å². The van der Waals surface area contributed by atoms with E-state index in [1.54, 1.807) is 22.8 Å². The van der Waals surface area contributed by atoms with Gasteiger partial charge in [0.15, 0.2) is 0 Å². The van der Waals surface area contributed by atoms with Gasteiger partial charge < -0.3 is 5.32 Å². The molecule has 1 fully saturated rings. The van der Waals surface area contributed by atoms with Crippen LogP contribution in [0, 0.1) is 5.82 Å². The Balaban J connectivity index is 1.47. The van der Waals surface area contributed by atoms with Gasteiger partial charge >= 0.3 is 0 Å². The second-order valence-electron chi connectivity index (χ2n) is 8.69. The molecule has 2 heterocycles. The molecule has 0 bridgehead atoms. The highest BCUT2D eigenvalue weighted by atomic mass is 19.1. The average molecular weight is 448 g/mol. The normalized spacial score (nSPS) is 14.7. The molecule has 1 amide bonds. The van der Waals surface area contributed by atoms with Crippen molar-refractivity contribution in [2.24, 2.45) is 0 Å². The molecule has 0 aliphatic heterocycles. The predicted octanol–water partition coefficient (Wildman–Crippen LogP) is 3.61. The molecular weight excluding hydrogens is 421 g/mol. The van der Waals surface area contributed by atoms with Crippen LogP contribution in [0.5, 0.6) is 0 Å². The highest BCUT2D eigenvalue weighted by molar-refractivity contribution is 5.80. The number of para-hydroxylation sites is 1. The van der Waals surface area contributed by atoms with E-state index in [0.717, 1.165) is 31.2 Å². The van der Waals surface area contributed by atoms with Gasteiger partial charge in [0.1, 0.15) is 11.6 Å². The summed E-state index contributed by atoms with van der Waals surface area (Å²) in [5.74, 6) is 0.729. The summed E-state index contributed by atoms with van der Waals surface area (Å²) in [5.41, 5.74) is 1.31. The minimum atomic E-state index is -0.328. The summed E-state index contributed by atoms with van der Waals surface area (Å²) < 4.78 is 16.7. The van der Waals surface area contributed by atoms with Crippen LogP contribution in [0.1, 0.15) is 49.9 Å². The number of carbonyl (C=O) groups is 1. The molecular formula is C25H26FN5O2. The molecule has 5 rings (SSSR count). The smallest absolute Gasteiger partial charge is 0.263 e. The van der Waals surface area contributed by atoms with E-state index < -0.39 is 0 Å². The first kappa shape index (κ1) is 21.3. The van der Waals surface area contributed by atoms with Gasteiger partial charge in [0.2, 0.25) is 11.7 Å². The maximum atomic E-state index is 13.3. The molecule has 1 saturated carbocycles. The minimum Gasteiger partial charge on any atom is -0.353 e. The number of benzene rings is 2. The number of rotatable bonds is 6. The zero-order valence-electron chi connectivity index (χ0n) is 18.3. The average Bonchev–Trinajstić information content (AvgIpc) is 3.26. The number of hydrogen-bond donors (Lipinski definition) is 1. The molecule has 0 saturated heterocycles. The summed E-state index contributed by atoms with van der Waals surface area (Å²) in [6, 6.07) is 13.6. The maximum absolute atomic E-state index is 13.3. The lowest BCUT2D eigenvalue weighted by molar-refractivity contribution is -0.122. The highest BCUT2D eigenvalue weighted by Gasteiger charge is 2.19. The molecule has 0 spiro atoms. The molecule has 2 aromatic heterocycles. The predicted molar refractivity (Wildman–Crippen MR) is 124 cm³/mol. The second kappa shape index (κ2) is 9.13. The monoisotopic (exact) mass is 447 g/mol. The van der Waals surface area contributed by atoms with E-state index in [1.807, 2.05) is 22.6 Å². The number of amides is 1. The first-order valence-electron chi connectivity index (χ1n) is 11.5. The summed E-state index contributed by atoms with van der Waals surface area (Å²) in [4.78, 5) is 25.8. The number of hydrogen-bond acceptors (Lipinski definition) is 4. The molecule has 170 valence electrons. The van der Waals surface area contributed by atoms with Crippen LogP contribution in [0.25, 0.3) is 16.7 Å². The van der Waals surface area contributed by atoms with Gasteiger partial charge in [-0.2, -0.15) is 0 Å². The molecule has 4 aromatic rings. The molecule has 0 radical (unpaired) electrons. The quantitative estimate of drug-likeness (QED) is 0.490. The van der Waals surface area contributed by atoms with Crippen LogP contribution in [0.3, 0.4) is 0 Å². The van der Waals surface area contributed by atoms with Crippen LogP contribution < -0.4 is 10.9 Å². The topological polar surface area (TPSA) is 81.3 Å². The zero-order chi connectivity index (χ0) is 22.8. The van der Waals surface area contributed by atoms with Crippen molar-refractivity contribution < 1.29 is 9.18 Å². The lowest BCUT2D eigenvalue weighted by Gasteiger charge is -2.22. The second-order valence-corrected chi connectivity index (χ2v) is 8.69. The maximum Gasteiger partial charge on any atom is 0.263 e. The van der Waals surface area contributed by atoms with Gasteiger partial charge in [0, 0.05) is 18.9 Å². The van der Waals surface area contributed by atoms with Gasteiger partial charge in [-0.1, -0.05) is 43.5 Å². The Hall–Kier alpha value is -3.55. The van der Waals surface area contributed by atoms with E-state index in [2.05, 4.69) is 15.5 Å². The molecule has 1 N–H and O–H groups in total. The van der Waals surface area contributed by atoms with Crippen molar-refractivity contribution >= 4 is 22.6 Å². The summed E-state index contributed by atoms with van der Waals surface area (Å²) in [7, 11) is 0. The fourth-order valence-electron chi connectivity index (χ4n) is 4.66. The first-order chi connectivity index (χ1) is 16.1. The Labute approximate surface area is 190 Å². The lowest BCUT2D eigenvalue weighted by atomic mass is 9.95. The molecule has 1 aliphatic carbocycles. The van der Waals surface area contributed by atoms with Gasteiger partial charge in [0.05, 0.1) is 17.4 Å². The third kappa shape index (κ3) is 4.37. The molecule has 0 atom stereocenters. The van der Waals surface area contributed by atoms with Gasteiger partial charge in [-0.3, -0.25) is 18.6 Å². The van der Waals surface area contributed by atoms with Crippen LogP contribution in [0.15, 0.2) is 53.3 Å². The largest absolute Gasteiger partial charge is 0.353 e. The number of carbonyl (C=O) groups excluding carboxylic acids is 1. The van der Waals surface area contributed by atoms with Crippen molar-refractivity contribution in [3.8, 4) is 0 Å². The van der Waals surface area contributed by atoms with Crippen LogP contribution in [-0.2, 0) is 17.8 Å². The van der Waals surface area contributed by atoms with Crippen LogP contribution in [-0.4, -0.2) is 31.1 Å². The van der Waals surface area contributed by atoms with Crippen LogP contribution in [0.4, 0.5) is 4.39 Å². The Morgan fingerprint density at radius 2 is 1.79 bits per heavy atom. The van der Waals surface area contributed by atoms with Crippen molar-refractivity contribution in [1.82, 2.24) is 24.5 Å². The fourth-order valence-corrected chi connectivity index (χ4v) is 4.66. The third-order valence-electron chi connectivity index (χ3n) is 6.37. The number of nitrogens with one attached hydrogen (secondary N) is 1. The molecule has 2 aromatic carbocycles. The number of halogens is 1. The number of fused-ring (bicyclic) bond motifs is 3. The number of aromatic nitrogens is 4. The van der Waals surface area contributed by atoms with Crippen molar-refractivity contribution in [3.05, 3.63) is 76.1 Å². The van der Waals surface area contributed by atoms with Crippen LogP contribution in [0.2, 0.25) is 0 Å². The summed E-state index contributed by atoms with van der Waals surface area (Å²) in [6.07, 6.45) is 6.38. The fraction of sp³-hybridized carbons (Fsp3) is 0.360. The van der Waals surface area contributed by atoms with Crippen molar-refractivity contribution in [3.63, 3.8) is 0 Å². The van der Waals surface area contributed by atoms with E-state index >= 15 is 0 Å². The number of aryl methyl sites for hydroxylation is 1. The minimum absolute atomic E-state index is 0.0163. The van der Waals surface area contributed by atoms with Crippen LogP contribution >= 0.6 is 0 Å². The van der Waals surface area contributed by atoms with E-state index in [4.69, 9.17) is 0 Å². The standard InChI is InChI=1S/C25H26FN5O2/c26-18-12-10-17(11-13-18)16-30-24(33)20-8-4-5-9-21(20)31-22(28-29-25(30)31)14-15-23(32)27-19-6-2-1-3-7-19/h4-5,8-13,19H,1-3,6-7,14-16H2,(H,27,32). The molecule has 1 aliphatic rings. The highest BCUT2D eigenvalue weighted by Crippen LogP contribution is 2.19. The van der Waals surface area contributed by atoms with Gasteiger partial charge in [-0.25, -0.2) is 4.39 Å². The van der Waals surface area contributed by atoms with E-state index in [0.29, 0.717) is 35.3 Å². The summed E-state index contributed by atoms with van der Waals surface area (Å²) in [5, 5.41) is 12.3. The van der Waals surface area contributed by atoms with Crippen molar-refractivity contribution in [1.29, 1.82) is 0 Å². The summed E-state index contributed by atoms with van der Waals surface area (Å²) >= 11 is 0. The molecule has 0 unspecified atom stereocenters. The van der Waals surface area contributed by atoms with Crippen molar-refractivity contribution in [2.45, 2.75) is 57.5 Å².